The van der Waals surface area contributed by atoms with Crippen LogP contribution in [0.2, 0.25) is 0 Å². The lowest BCUT2D eigenvalue weighted by Crippen LogP contribution is -2.26. The van der Waals surface area contributed by atoms with Crippen LogP contribution >= 0.6 is 0 Å². The number of esters is 1. The number of methoxy groups -OCH3 is 1. The van der Waals surface area contributed by atoms with E-state index in [0.717, 1.165) is 5.69 Å². The van der Waals surface area contributed by atoms with Crippen molar-refractivity contribution >= 4 is 17.4 Å². The molecule has 4 nitrogen and oxygen atoms in total. The van der Waals surface area contributed by atoms with Crippen molar-refractivity contribution < 1.29 is 14.3 Å². The molecule has 0 heterocycles. The van der Waals surface area contributed by atoms with Crippen LogP contribution in [0.25, 0.3) is 0 Å². The maximum atomic E-state index is 11.4. The second-order valence-corrected chi connectivity index (χ2v) is 3.76. The summed E-state index contributed by atoms with van der Waals surface area (Å²) in [4.78, 5) is 24.3. The highest BCUT2D eigenvalue weighted by molar-refractivity contribution is 5.96. The Hall–Kier alpha value is -1.84. The largest absolute Gasteiger partial charge is 0.468 e. The first kappa shape index (κ1) is 13.2. The molecule has 0 aliphatic heterocycles. The fraction of sp³-hybridized carbons (Fsp3) is 0.385. The van der Waals surface area contributed by atoms with Crippen LogP contribution in [0.5, 0.6) is 0 Å². The number of ketones is 1. The molecule has 0 saturated carbocycles. The van der Waals surface area contributed by atoms with Crippen LogP contribution in [-0.2, 0) is 9.53 Å². The minimum atomic E-state index is -0.291. The van der Waals surface area contributed by atoms with Gasteiger partial charge in [0.2, 0.25) is 0 Å². The molecule has 0 unspecified atom stereocenters. The van der Waals surface area contributed by atoms with Crippen molar-refractivity contribution in [1.82, 2.24) is 0 Å². The van der Waals surface area contributed by atoms with E-state index in [0.29, 0.717) is 12.0 Å². The number of ether oxygens (including phenoxy) is 1. The number of carbonyl (C=O) groups excluding carboxylic acids is 2. The molecule has 0 aromatic heterocycles. The average Bonchev–Trinajstić information content (AvgIpc) is 2.37. The number of benzene rings is 1. The molecule has 0 aliphatic carbocycles. The third-order valence-corrected chi connectivity index (χ3v) is 2.55. The molecule has 1 aromatic rings. The first-order valence-electron chi connectivity index (χ1n) is 5.49. The zero-order valence-corrected chi connectivity index (χ0v) is 10.4. The monoisotopic (exact) mass is 235 g/mol. The highest BCUT2D eigenvalue weighted by atomic mass is 16.5. The fourth-order valence-electron chi connectivity index (χ4n) is 1.46. The lowest BCUT2D eigenvalue weighted by molar-refractivity contribution is -0.138. The second-order valence-electron chi connectivity index (χ2n) is 3.76. The topological polar surface area (TPSA) is 46.6 Å². The molecule has 4 heteroatoms. The van der Waals surface area contributed by atoms with E-state index in [9.17, 15) is 9.59 Å². The SMILES string of the molecule is CCC(=O)c1ccc(N(C)CC(=O)OC)cc1. The molecule has 0 fully saturated rings. The van der Waals surface area contributed by atoms with E-state index in [-0.39, 0.29) is 18.3 Å². The number of likely N-dealkylation sites (N-methyl/N-ethyl adjacent to an activating group) is 1. The van der Waals surface area contributed by atoms with Crippen molar-refractivity contribution in [2.45, 2.75) is 13.3 Å². The van der Waals surface area contributed by atoms with E-state index in [1.54, 1.807) is 24.1 Å². The molecule has 0 amide bonds. The van der Waals surface area contributed by atoms with Crippen molar-refractivity contribution in [3.05, 3.63) is 29.8 Å². The molecule has 1 aromatic carbocycles. The molecular weight excluding hydrogens is 218 g/mol. The van der Waals surface area contributed by atoms with Gasteiger partial charge >= 0.3 is 5.97 Å². The number of anilines is 1. The number of rotatable bonds is 5. The summed E-state index contributed by atoms with van der Waals surface area (Å²) in [6.45, 7) is 2.02. The Morgan fingerprint density at radius 1 is 1.24 bits per heavy atom. The van der Waals surface area contributed by atoms with Crippen molar-refractivity contribution in [2.24, 2.45) is 0 Å². The van der Waals surface area contributed by atoms with Gasteiger partial charge in [0.15, 0.2) is 5.78 Å². The Morgan fingerprint density at radius 3 is 2.29 bits per heavy atom. The van der Waals surface area contributed by atoms with E-state index >= 15 is 0 Å². The number of nitrogens with zero attached hydrogens (tertiary/aromatic N) is 1. The summed E-state index contributed by atoms with van der Waals surface area (Å²) in [5, 5.41) is 0. The van der Waals surface area contributed by atoms with E-state index in [1.165, 1.54) is 7.11 Å². The predicted octanol–water partition coefficient (Wildman–Crippen LogP) is 1.89. The van der Waals surface area contributed by atoms with Gasteiger partial charge in [-0.15, -0.1) is 0 Å². The quantitative estimate of drug-likeness (QED) is 0.577. The molecule has 0 spiro atoms. The van der Waals surface area contributed by atoms with Crippen molar-refractivity contribution in [3.63, 3.8) is 0 Å². The minimum absolute atomic E-state index is 0.118. The zero-order valence-electron chi connectivity index (χ0n) is 10.4. The highest BCUT2D eigenvalue weighted by Gasteiger charge is 2.08. The van der Waals surface area contributed by atoms with Crippen LogP contribution < -0.4 is 4.90 Å². The molecule has 0 N–H and O–H groups in total. The molecule has 92 valence electrons. The first-order chi connectivity index (χ1) is 8.08. The molecule has 1 rings (SSSR count). The van der Waals surface area contributed by atoms with E-state index in [1.807, 2.05) is 19.1 Å². The standard InChI is InChI=1S/C13H17NO3/c1-4-12(15)10-5-7-11(8-6-10)14(2)9-13(16)17-3/h5-8H,4,9H2,1-3H3. The van der Waals surface area contributed by atoms with Crippen LogP contribution in [0.4, 0.5) is 5.69 Å². The number of carbonyl (C=O) groups is 2. The Balaban J connectivity index is 2.73. The number of hydrogen-bond donors (Lipinski definition) is 0. The molecule has 0 radical (unpaired) electrons. The first-order valence-corrected chi connectivity index (χ1v) is 5.49. The van der Waals surface area contributed by atoms with Gasteiger partial charge in [0.1, 0.15) is 6.54 Å². The minimum Gasteiger partial charge on any atom is -0.468 e. The van der Waals surface area contributed by atoms with E-state index in [2.05, 4.69) is 4.74 Å². The maximum absolute atomic E-state index is 11.4. The van der Waals surface area contributed by atoms with Gasteiger partial charge < -0.3 is 9.64 Å². The smallest absolute Gasteiger partial charge is 0.325 e. The Bertz CT molecular complexity index is 398. The fourth-order valence-corrected chi connectivity index (χ4v) is 1.46. The summed E-state index contributed by atoms with van der Waals surface area (Å²) in [6, 6.07) is 7.20. The molecule has 0 saturated heterocycles. The van der Waals surface area contributed by atoms with E-state index < -0.39 is 0 Å². The number of hydrogen-bond acceptors (Lipinski definition) is 4. The summed E-state index contributed by atoms with van der Waals surface area (Å²) in [6.07, 6.45) is 0.497. The van der Waals surface area contributed by atoms with Gasteiger partial charge in [0, 0.05) is 24.7 Å². The third kappa shape index (κ3) is 3.59. The van der Waals surface area contributed by atoms with Crippen molar-refractivity contribution in [3.8, 4) is 0 Å². The average molecular weight is 235 g/mol. The summed E-state index contributed by atoms with van der Waals surface area (Å²) < 4.78 is 4.59. The predicted molar refractivity (Wildman–Crippen MR) is 66.3 cm³/mol. The molecular formula is C13H17NO3. The highest BCUT2D eigenvalue weighted by Crippen LogP contribution is 2.14. The molecule has 0 aliphatic rings. The summed E-state index contributed by atoms with van der Waals surface area (Å²) in [5.74, 6) is -0.173. The van der Waals surface area contributed by atoms with Crippen LogP contribution in [0.15, 0.2) is 24.3 Å². The van der Waals surface area contributed by atoms with Crippen molar-refractivity contribution in [2.75, 3.05) is 25.6 Å². The number of Topliss-reactive ketones (excluding diaryl/α,β-unsaturated/α-hetero) is 1. The Morgan fingerprint density at radius 2 is 1.82 bits per heavy atom. The van der Waals surface area contributed by atoms with Crippen LogP contribution in [0.1, 0.15) is 23.7 Å². The van der Waals surface area contributed by atoms with Gasteiger partial charge in [-0.2, -0.15) is 0 Å². The van der Waals surface area contributed by atoms with Gasteiger partial charge in [-0.3, -0.25) is 9.59 Å². The van der Waals surface area contributed by atoms with Crippen LogP contribution in [-0.4, -0.2) is 32.5 Å². The summed E-state index contributed by atoms with van der Waals surface area (Å²) >= 11 is 0. The summed E-state index contributed by atoms with van der Waals surface area (Å²) in [5.41, 5.74) is 1.57. The summed E-state index contributed by atoms with van der Waals surface area (Å²) in [7, 11) is 3.16. The molecule has 0 atom stereocenters. The van der Waals surface area contributed by atoms with Gasteiger partial charge in [0.25, 0.3) is 0 Å². The van der Waals surface area contributed by atoms with Crippen molar-refractivity contribution in [1.29, 1.82) is 0 Å². The zero-order chi connectivity index (χ0) is 12.8. The molecule has 0 bridgehead atoms. The van der Waals surface area contributed by atoms with E-state index in [4.69, 9.17) is 0 Å². The Kier molecular flexibility index (Phi) is 4.69. The second kappa shape index (κ2) is 6.03. The van der Waals surface area contributed by atoms with Gasteiger partial charge in [-0.05, 0) is 24.3 Å². The van der Waals surface area contributed by atoms with Gasteiger partial charge in [-0.25, -0.2) is 0 Å². The van der Waals surface area contributed by atoms with Crippen LogP contribution in [0.3, 0.4) is 0 Å². The lowest BCUT2D eigenvalue weighted by Gasteiger charge is -2.17. The van der Waals surface area contributed by atoms with Gasteiger partial charge in [0.05, 0.1) is 7.11 Å². The van der Waals surface area contributed by atoms with Crippen LogP contribution in [0, 0.1) is 0 Å². The lowest BCUT2D eigenvalue weighted by atomic mass is 10.1. The molecule has 17 heavy (non-hydrogen) atoms. The van der Waals surface area contributed by atoms with Gasteiger partial charge in [-0.1, -0.05) is 6.92 Å². The normalized spacial score (nSPS) is 9.82. The Labute approximate surface area is 101 Å². The third-order valence-electron chi connectivity index (χ3n) is 2.55. The maximum Gasteiger partial charge on any atom is 0.325 e.